The van der Waals surface area contributed by atoms with Crippen molar-refractivity contribution in [2.45, 2.75) is 30.2 Å². The van der Waals surface area contributed by atoms with E-state index in [1.807, 2.05) is 6.92 Å². The van der Waals surface area contributed by atoms with E-state index >= 15 is 0 Å². The predicted octanol–water partition coefficient (Wildman–Crippen LogP) is 1.84. The summed E-state index contributed by atoms with van der Waals surface area (Å²) in [6.07, 6.45) is 1.81. The van der Waals surface area contributed by atoms with Gasteiger partial charge < -0.3 is 4.74 Å². The van der Waals surface area contributed by atoms with Crippen LogP contribution in [0.3, 0.4) is 0 Å². The Morgan fingerprint density at radius 1 is 1.80 bits per heavy atom. The van der Waals surface area contributed by atoms with Crippen molar-refractivity contribution in [1.82, 2.24) is 0 Å². The Kier molecular flexibility index (Phi) is 2.32. The van der Waals surface area contributed by atoms with Crippen molar-refractivity contribution in [3.63, 3.8) is 0 Å². The lowest BCUT2D eigenvalue weighted by atomic mass is 9.98. The van der Waals surface area contributed by atoms with E-state index in [1.165, 1.54) is 0 Å². The molecule has 1 heterocycles. The van der Waals surface area contributed by atoms with Crippen LogP contribution in [0.1, 0.15) is 19.8 Å². The van der Waals surface area contributed by atoms with Gasteiger partial charge >= 0.3 is 0 Å². The molecule has 2 atom stereocenters. The molecule has 0 aromatic carbocycles. The molecular weight excluding hydrogens is 194 g/mol. The third-order valence-corrected chi connectivity index (χ3v) is 2.61. The minimum Gasteiger partial charge on any atom is -0.378 e. The van der Waals surface area contributed by atoms with E-state index in [-0.39, 0.29) is 10.4 Å². The van der Waals surface area contributed by atoms with Gasteiger partial charge in [-0.2, -0.15) is 5.26 Å². The number of nitriles is 1. The molecule has 0 saturated carbocycles. The predicted molar refractivity (Wildman–Crippen MR) is 41.9 cm³/mol. The zero-order valence-electron chi connectivity index (χ0n) is 5.93. The smallest absolute Gasteiger partial charge is 0.117 e. The van der Waals surface area contributed by atoms with Crippen LogP contribution in [0.5, 0.6) is 0 Å². The lowest BCUT2D eigenvalue weighted by Crippen LogP contribution is -2.33. The topological polar surface area (TPSA) is 33.0 Å². The van der Waals surface area contributed by atoms with Gasteiger partial charge in [0.1, 0.15) is 4.32 Å². The van der Waals surface area contributed by atoms with Crippen molar-refractivity contribution in [3.05, 3.63) is 0 Å². The molecule has 1 rings (SSSR count). The number of rotatable bonds is 0. The molecule has 0 amide bonds. The SMILES string of the molecule is CC1CC(Br)(C#N)CCO1. The number of hydrogen-bond donors (Lipinski definition) is 0. The maximum absolute atomic E-state index is 8.72. The van der Waals surface area contributed by atoms with E-state index in [2.05, 4.69) is 22.0 Å². The first kappa shape index (κ1) is 8.03. The van der Waals surface area contributed by atoms with Crippen LogP contribution in [0.4, 0.5) is 0 Å². The number of alkyl halides is 1. The van der Waals surface area contributed by atoms with Crippen LogP contribution in [0.2, 0.25) is 0 Å². The second-order valence-corrected chi connectivity index (χ2v) is 4.23. The van der Waals surface area contributed by atoms with Crippen LogP contribution in [-0.2, 0) is 4.74 Å². The monoisotopic (exact) mass is 203 g/mol. The van der Waals surface area contributed by atoms with Crippen LogP contribution >= 0.6 is 15.9 Å². The Labute approximate surface area is 69.3 Å². The molecule has 1 aliphatic heterocycles. The fourth-order valence-corrected chi connectivity index (χ4v) is 1.76. The lowest BCUT2D eigenvalue weighted by Gasteiger charge is -2.29. The van der Waals surface area contributed by atoms with Crippen molar-refractivity contribution in [2.75, 3.05) is 6.61 Å². The second kappa shape index (κ2) is 2.89. The highest BCUT2D eigenvalue weighted by atomic mass is 79.9. The van der Waals surface area contributed by atoms with Gasteiger partial charge in [-0.15, -0.1) is 0 Å². The van der Waals surface area contributed by atoms with Gasteiger partial charge in [0.15, 0.2) is 0 Å². The molecule has 3 heteroatoms. The number of hydrogen-bond acceptors (Lipinski definition) is 2. The summed E-state index contributed by atoms with van der Waals surface area (Å²) >= 11 is 3.39. The van der Waals surface area contributed by atoms with Crippen LogP contribution in [-0.4, -0.2) is 17.0 Å². The van der Waals surface area contributed by atoms with Gasteiger partial charge in [0.2, 0.25) is 0 Å². The molecular formula is C7H10BrNO. The van der Waals surface area contributed by atoms with Crippen LogP contribution in [0, 0.1) is 11.3 Å². The molecule has 2 unspecified atom stereocenters. The van der Waals surface area contributed by atoms with Gasteiger partial charge in [-0.25, -0.2) is 0 Å². The Bertz CT molecular complexity index is 165. The van der Waals surface area contributed by atoms with Crippen molar-refractivity contribution >= 4 is 15.9 Å². The molecule has 1 saturated heterocycles. The summed E-state index contributed by atoms with van der Waals surface area (Å²) < 4.78 is 4.98. The maximum Gasteiger partial charge on any atom is 0.117 e. The number of nitrogens with zero attached hydrogens (tertiary/aromatic N) is 1. The largest absolute Gasteiger partial charge is 0.378 e. The summed E-state index contributed by atoms with van der Waals surface area (Å²) in [6.45, 7) is 2.69. The number of ether oxygens (including phenoxy) is 1. The van der Waals surface area contributed by atoms with Crippen molar-refractivity contribution in [1.29, 1.82) is 5.26 Å². The maximum atomic E-state index is 8.72. The summed E-state index contributed by atoms with van der Waals surface area (Å²) in [7, 11) is 0. The zero-order valence-corrected chi connectivity index (χ0v) is 7.52. The van der Waals surface area contributed by atoms with Crippen molar-refractivity contribution in [2.24, 2.45) is 0 Å². The van der Waals surface area contributed by atoms with Crippen LogP contribution in [0.15, 0.2) is 0 Å². The van der Waals surface area contributed by atoms with E-state index < -0.39 is 0 Å². The van der Waals surface area contributed by atoms with Gasteiger partial charge in [-0.1, -0.05) is 15.9 Å². The minimum atomic E-state index is -0.315. The molecule has 56 valence electrons. The Morgan fingerprint density at radius 2 is 2.50 bits per heavy atom. The molecule has 0 aliphatic carbocycles. The summed E-state index contributed by atoms with van der Waals surface area (Å²) in [6, 6.07) is 2.25. The quantitative estimate of drug-likeness (QED) is 0.564. The van der Waals surface area contributed by atoms with E-state index in [9.17, 15) is 0 Å². The third kappa shape index (κ3) is 1.71. The third-order valence-electron chi connectivity index (χ3n) is 1.71. The summed E-state index contributed by atoms with van der Waals surface area (Å²) in [5.74, 6) is 0. The highest BCUT2D eigenvalue weighted by Gasteiger charge is 2.32. The van der Waals surface area contributed by atoms with Crippen molar-refractivity contribution < 1.29 is 4.74 Å². The minimum absolute atomic E-state index is 0.216. The molecule has 0 bridgehead atoms. The molecule has 1 fully saturated rings. The average molecular weight is 204 g/mol. The Hall–Kier alpha value is -0.0700. The van der Waals surface area contributed by atoms with E-state index in [4.69, 9.17) is 10.00 Å². The van der Waals surface area contributed by atoms with E-state index in [1.54, 1.807) is 0 Å². The van der Waals surface area contributed by atoms with Crippen LogP contribution < -0.4 is 0 Å². The Balaban J connectivity index is 2.56. The van der Waals surface area contributed by atoms with E-state index in [0.717, 1.165) is 12.8 Å². The van der Waals surface area contributed by atoms with Crippen LogP contribution in [0.25, 0.3) is 0 Å². The average Bonchev–Trinajstić information content (AvgIpc) is 1.88. The van der Waals surface area contributed by atoms with Gasteiger partial charge in [0, 0.05) is 13.0 Å². The molecule has 0 radical (unpaired) electrons. The normalized spacial score (nSPS) is 40.7. The van der Waals surface area contributed by atoms with E-state index in [0.29, 0.717) is 6.61 Å². The molecule has 0 aromatic heterocycles. The van der Waals surface area contributed by atoms with Gasteiger partial charge in [-0.3, -0.25) is 0 Å². The first-order valence-electron chi connectivity index (χ1n) is 3.38. The molecule has 0 N–H and O–H groups in total. The Morgan fingerprint density at radius 3 is 2.90 bits per heavy atom. The highest BCUT2D eigenvalue weighted by Crippen LogP contribution is 2.32. The van der Waals surface area contributed by atoms with Gasteiger partial charge in [0.05, 0.1) is 12.2 Å². The molecule has 10 heavy (non-hydrogen) atoms. The highest BCUT2D eigenvalue weighted by molar-refractivity contribution is 9.10. The summed E-state index contributed by atoms with van der Waals surface area (Å²) in [4.78, 5) is 0. The number of halogens is 1. The molecule has 2 nitrogen and oxygen atoms in total. The molecule has 1 aliphatic rings. The molecule has 0 aromatic rings. The second-order valence-electron chi connectivity index (χ2n) is 2.71. The summed E-state index contributed by atoms with van der Waals surface area (Å²) in [5, 5.41) is 8.72. The first-order chi connectivity index (χ1) is 4.66. The molecule has 0 spiro atoms. The standard InChI is InChI=1S/C7H10BrNO/c1-6-4-7(8,5-9)2-3-10-6/h6H,2-4H2,1H3. The van der Waals surface area contributed by atoms with Crippen molar-refractivity contribution in [3.8, 4) is 6.07 Å². The lowest BCUT2D eigenvalue weighted by molar-refractivity contribution is 0.0226. The summed E-state index contributed by atoms with van der Waals surface area (Å²) in [5.41, 5.74) is 0. The fourth-order valence-electron chi connectivity index (χ4n) is 1.14. The fraction of sp³-hybridized carbons (Fsp3) is 0.857. The first-order valence-corrected chi connectivity index (χ1v) is 4.17. The zero-order chi connectivity index (χ0) is 7.61. The van der Waals surface area contributed by atoms with Gasteiger partial charge in [-0.05, 0) is 13.3 Å². The van der Waals surface area contributed by atoms with Gasteiger partial charge in [0.25, 0.3) is 0 Å².